The normalized spacial score (nSPS) is 12.0. The lowest BCUT2D eigenvalue weighted by atomic mass is 9.91. The third-order valence-electron chi connectivity index (χ3n) is 4.19. The minimum absolute atomic E-state index is 0.0393. The van der Waals surface area contributed by atoms with Gasteiger partial charge in [0.05, 0.1) is 26.4 Å². The Morgan fingerprint density at radius 1 is 1.25 bits per heavy atom. The molecule has 0 saturated heterocycles. The zero-order valence-corrected chi connectivity index (χ0v) is 17.4. The van der Waals surface area contributed by atoms with Gasteiger partial charge in [-0.3, -0.25) is 9.59 Å². The molecule has 1 aromatic carbocycles. The van der Waals surface area contributed by atoms with Crippen molar-refractivity contribution in [3.05, 3.63) is 52.1 Å². The van der Waals surface area contributed by atoms with E-state index in [-0.39, 0.29) is 18.1 Å². The number of rotatable bonds is 9. The third kappa shape index (κ3) is 6.05. The zero-order chi connectivity index (χ0) is 20.7. The molecule has 2 aromatic rings. The summed E-state index contributed by atoms with van der Waals surface area (Å²) in [6.07, 6.45) is 0.621. The standard InChI is InChI=1S/C21H26O6S/c1-13(2)8-14(9-19(23)26-4)21-20(24)18(22)11-16(27-21)12-28-17-7-5-6-15(10-17)25-3/h5-7,10-11,13-14,24H,8-9,12H2,1-4H3. The Bertz CT molecular complexity index is 858. The summed E-state index contributed by atoms with van der Waals surface area (Å²) in [5, 5.41) is 10.3. The smallest absolute Gasteiger partial charge is 0.306 e. The van der Waals surface area contributed by atoms with Crippen molar-refractivity contribution in [2.45, 2.75) is 43.3 Å². The van der Waals surface area contributed by atoms with E-state index in [2.05, 4.69) is 0 Å². The molecule has 0 aliphatic heterocycles. The zero-order valence-electron chi connectivity index (χ0n) is 16.6. The molecule has 1 N–H and O–H groups in total. The van der Waals surface area contributed by atoms with Crippen LogP contribution in [0.5, 0.6) is 11.5 Å². The van der Waals surface area contributed by atoms with Crippen molar-refractivity contribution >= 4 is 17.7 Å². The van der Waals surface area contributed by atoms with Gasteiger partial charge in [0, 0.05) is 16.9 Å². The summed E-state index contributed by atoms with van der Waals surface area (Å²) in [6.45, 7) is 4.00. The number of carbonyl (C=O) groups is 1. The molecule has 7 heteroatoms. The van der Waals surface area contributed by atoms with Crippen LogP contribution in [-0.4, -0.2) is 25.3 Å². The molecular formula is C21H26O6S. The van der Waals surface area contributed by atoms with Crippen LogP contribution < -0.4 is 10.2 Å². The SMILES string of the molecule is COC(=O)CC(CC(C)C)c1oc(CSc2cccc(OC)c2)cc(=O)c1O. The summed E-state index contributed by atoms with van der Waals surface area (Å²) < 4.78 is 15.8. The molecule has 2 rings (SSSR count). The van der Waals surface area contributed by atoms with Crippen LogP contribution in [0.1, 0.15) is 44.1 Å². The topological polar surface area (TPSA) is 86.0 Å². The number of benzene rings is 1. The van der Waals surface area contributed by atoms with Gasteiger partial charge < -0.3 is 19.0 Å². The molecule has 0 saturated carbocycles. The molecule has 0 fully saturated rings. The number of thioether (sulfide) groups is 1. The molecule has 0 aliphatic carbocycles. The summed E-state index contributed by atoms with van der Waals surface area (Å²) in [5.41, 5.74) is -0.513. The van der Waals surface area contributed by atoms with E-state index >= 15 is 0 Å². The van der Waals surface area contributed by atoms with E-state index in [9.17, 15) is 14.7 Å². The number of carbonyl (C=O) groups excluding carboxylic acids is 1. The fourth-order valence-corrected chi connectivity index (χ4v) is 3.71. The molecule has 0 bridgehead atoms. The number of esters is 1. The molecule has 0 spiro atoms. The lowest BCUT2D eigenvalue weighted by molar-refractivity contribution is -0.141. The molecule has 0 amide bonds. The first-order chi connectivity index (χ1) is 13.3. The number of hydrogen-bond acceptors (Lipinski definition) is 7. The largest absolute Gasteiger partial charge is 0.502 e. The summed E-state index contributed by atoms with van der Waals surface area (Å²) in [5.74, 6) is 0.692. The second-order valence-corrected chi connectivity index (χ2v) is 7.91. The Labute approximate surface area is 168 Å². The Hall–Kier alpha value is -2.41. The molecule has 1 aromatic heterocycles. The second-order valence-electron chi connectivity index (χ2n) is 6.86. The molecular weight excluding hydrogens is 380 g/mol. The summed E-state index contributed by atoms with van der Waals surface area (Å²) in [6, 6.07) is 8.85. The first-order valence-electron chi connectivity index (χ1n) is 9.03. The minimum atomic E-state index is -0.513. The molecule has 152 valence electrons. The van der Waals surface area contributed by atoms with Gasteiger partial charge in [-0.1, -0.05) is 19.9 Å². The number of hydrogen-bond donors (Lipinski definition) is 1. The fourth-order valence-electron chi connectivity index (χ4n) is 2.88. The van der Waals surface area contributed by atoms with E-state index in [1.165, 1.54) is 24.9 Å². The second kappa shape index (κ2) is 10.2. The Morgan fingerprint density at radius 2 is 2.00 bits per heavy atom. The van der Waals surface area contributed by atoms with Crippen LogP contribution in [0.4, 0.5) is 0 Å². The minimum Gasteiger partial charge on any atom is -0.502 e. The lowest BCUT2D eigenvalue weighted by Gasteiger charge is -2.18. The van der Waals surface area contributed by atoms with Gasteiger partial charge in [0.25, 0.3) is 0 Å². The van der Waals surface area contributed by atoms with Crippen molar-refractivity contribution in [3.8, 4) is 11.5 Å². The maximum Gasteiger partial charge on any atom is 0.306 e. The van der Waals surface area contributed by atoms with Gasteiger partial charge in [0.2, 0.25) is 11.2 Å². The summed E-state index contributed by atoms with van der Waals surface area (Å²) in [4.78, 5) is 25.0. The highest BCUT2D eigenvalue weighted by atomic mass is 32.2. The first-order valence-corrected chi connectivity index (χ1v) is 10.0. The van der Waals surface area contributed by atoms with Crippen LogP contribution in [0.25, 0.3) is 0 Å². The van der Waals surface area contributed by atoms with Gasteiger partial charge in [-0.15, -0.1) is 11.8 Å². The van der Waals surface area contributed by atoms with E-state index < -0.39 is 23.1 Å². The number of ether oxygens (including phenoxy) is 2. The van der Waals surface area contributed by atoms with Crippen molar-refractivity contribution in [2.75, 3.05) is 14.2 Å². The molecule has 0 aliphatic rings. The Morgan fingerprint density at radius 3 is 2.64 bits per heavy atom. The van der Waals surface area contributed by atoms with Crippen molar-refractivity contribution in [3.63, 3.8) is 0 Å². The van der Waals surface area contributed by atoms with Gasteiger partial charge in [-0.2, -0.15) is 0 Å². The van der Waals surface area contributed by atoms with E-state index in [0.29, 0.717) is 17.9 Å². The quantitative estimate of drug-likeness (QED) is 0.490. The summed E-state index contributed by atoms with van der Waals surface area (Å²) >= 11 is 1.48. The highest BCUT2D eigenvalue weighted by Gasteiger charge is 2.25. The average molecular weight is 407 g/mol. The predicted molar refractivity (Wildman–Crippen MR) is 108 cm³/mol. The van der Waals surface area contributed by atoms with E-state index in [1.54, 1.807) is 7.11 Å². The van der Waals surface area contributed by atoms with E-state index in [1.807, 2.05) is 38.1 Å². The third-order valence-corrected chi connectivity index (χ3v) is 5.21. The van der Waals surface area contributed by atoms with Crippen molar-refractivity contribution in [1.82, 2.24) is 0 Å². The van der Waals surface area contributed by atoms with Crippen LogP contribution >= 0.6 is 11.8 Å². The predicted octanol–water partition coefficient (Wildman–Crippen LogP) is 4.34. The maximum absolute atomic E-state index is 12.3. The highest BCUT2D eigenvalue weighted by Crippen LogP contribution is 2.34. The van der Waals surface area contributed by atoms with Gasteiger partial charge in [0.15, 0.2) is 5.76 Å². The van der Waals surface area contributed by atoms with Gasteiger partial charge in [-0.25, -0.2) is 0 Å². The molecule has 6 nitrogen and oxygen atoms in total. The van der Waals surface area contributed by atoms with Crippen LogP contribution in [0.2, 0.25) is 0 Å². The molecule has 1 unspecified atom stereocenters. The maximum atomic E-state index is 12.3. The van der Waals surface area contributed by atoms with Crippen molar-refractivity contribution in [1.29, 1.82) is 0 Å². The van der Waals surface area contributed by atoms with E-state index in [4.69, 9.17) is 13.9 Å². The van der Waals surface area contributed by atoms with Crippen LogP contribution in [0.3, 0.4) is 0 Å². The van der Waals surface area contributed by atoms with Crippen LogP contribution in [0, 0.1) is 5.92 Å². The van der Waals surface area contributed by atoms with Gasteiger partial charge in [-0.05, 0) is 30.5 Å². The lowest BCUT2D eigenvalue weighted by Crippen LogP contribution is -2.14. The Balaban J connectivity index is 2.28. The number of methoxy groups -OCH3 is 2. The molecule has 28 heavy (non-hydrogen) atoms. The Kier molecular flexibility index (Phi) is 7.99. The van der Waals surface area contributed by atoms with Crippen molar-refractivity contribution in [2.24, 2.45) is 5.92 Å². The monoisotopic (exact) mass is 406 g/mol. The average Bonchev–Trinajstić information content (AvgIpc) is 2.67. The van der Waals surface area contributed by atoms with Crippen molar-refractivity contribution < 1.29 is 23.8 Å². The van der Waals surface area contributed by atoms with Gasteiger partial charge in [0.1, 0.15) is 11.5 Å². The van der Waals surface area contributed by atoms with Crippen LogP contribution in [-0.2, 0) is 15.3 Å². The van der Waals surface area contributed by atoms with Crippen LogP contribution in [0.15, 0.2) is 44.4 Å². The number of aromatic hydroxyl groups is 1. The molecule has 1 heterocycles. The van der Waals surface area contributed by atoms with E-state index in [0.717, 1.165) is 10.6 Å². The summed E-state index contributed by atoms with van der Waals surface area (Å²) in [7, 11) is 2.91. The molecule has 0 radical (unpaired) electrons. The first kappa shape index (κ1) is 21.9. The molecule has 1 atom stereocenters. The fraction of sp³-hybridized carbons (Fsp3) is 0.429. The highest BCUT2D eigenvalue weighted by molar-refractivity contribution is 7.98. The van der Waals surface area contributed by atoms with Gasteiger partial charge >= 0.3 is 5.97 Å².